The number of halogens is 1. The molecule has 0 aliphatic rings. The number of carbonyl (C=O) groups is 2. The van der Waals surface area contributed by atoms with Gasteiger partial charge in [-0.25, -0.2) is 8.42 Å². The highest BCUT2D eigenvalue weighted by atomic mass is 35.5. The third-order valence-corrected chi connectivity index (χ3v) is 6.85. The number of amides is 2. The van der Waals surface area contributed by atoms with E-state index in [1.807, 2.05) is 46.8 Å². The average molecular weight is 522 g/mol. The Hall–Kier alpha value is -2.58. The van der Waals surface area contributed by atoms with E-state index in [0.717, 1.165) is 21.7 Å². The molecule has 0 heterocycles. The molecule has 2 aromatic carbocycles. The van der Waals surface area contributed by atoms with Gasteiger partial charge >= 0.3 is 0 Å². The largest absolute Gasteiger partial charge is 0.350 e. The van der Waals surface area contributed by atoms with Crippen molar-refractivity contribution >= 4 is 39.1 Å². The Bertz CT molecular complexity index is 1120. The quantitative estimate of drug-likeness (QED) is 0.524. The number of hydrogen-bond acceptors (Lipinski definition) is 4. The molecule has 0 aliphatic heterocycles. The molecule has 0 bridgehead atoms. The molecule has 192 valence electrons. The van der Waals surface area contributed by atoms with Gasteiger partial charge in [-0.2, -0.15) is 0 Å². The highest BCUT2D eigenvalue weighted by Crippen LogP contribution is 2.23. The monoisotopic (exact) mass is 521 g/mol. The number of benzene rings is 2. The van der Waals surface area contributed by atoms with Crippen molar-refractivity contribution in [3.8, 4) is 0 Å². The van der Waals surface area contributed by atoms with E-state index in [1.54, 1.807) is 43.3 Å². The molecule has 0 unspecified atom stereocenters. The molecule has 2 amide bonds. The summed E-state index contributed by atoms with van der Waals surface area (Å²) < 4.78 is 26.4. The average Bonchev–Trinajstić information content (AvgIpc) is 2.74. The van der Waals surface area contributed by atoms with E-state index in [4.69, 9.17) is 11.6 Å². The zero-order valence-corrected chi connectivity index (χ0v) is 23.1. The minimum absolute atomic E-state index is 0.124. The number of nitrogens with zero attached hydrogens (tertiary/aromatic N) is 2. The molecule has 1 atom stereocenters. The van der Waals surface area contributed by atoms with Crippen molar-refractivity contribution in [1.29, 1.82) is 0 Å². The standard InChI is InChI=1S/C26H36ClN3O4S/c1-18(2)21-10-14-23(15-11-21)30(35(7,33)34)17-24(31)29(16-20-8-12-22(27)13-9-20)19(3)25(32)28-26(4,5)6/h8-15,18-19H,16-17H2,1-7H3,(H,28,32)/t19-/m1/s1. The van der Waals surface area contributed by atoms with Gasteiger partial charge in [0.2, 0.25) is 21.8 Å². The zero-order chi connectivity index (χ0) is 26.6. The molecule has 35 heavy (non-hydrogen) atoms. The van der Waals surface area contributed by atoms with E-state index in [-0.39, 0.29) is 18.4 Å². The van der Waals surface area contributed by atoms with Gasteiger partial charge in [-0.15, -0.1) is 0 Å². The number of sulfonamides is 1. The summed E-state index contributed by atoms with van der Waals surface area (Å²) >= 11 is 6.00. The lowest BCUT2D eigenvalue weighted by Crippen LogP contribution is -2.54. The van der Waals surface area contributed by atoms with Gasteiger partial charge in [0, 0.05) is 17.1 Å². The van der Waals surface area contributed by atoms with Crippen molar-refractivity contribution in [2.45, 2.75) is 65.6 Å². The minimum atomic E-state index is -3.77. The van der Waals surface area contributed by atoms with Crippen molar-refractivity contribution in [3.05, 3.63) is 64.7 Å². The fraction of sp³-hybridized carbons (Fsp3) is 0.462. The second-order valence-corrected chi connectivity index (χ2v) is 12.4. The maximum Gasteiger partial charge on any atom is 0.244 e. The van der Waals surface area contributed by atoms with Crippen molar-refractivity contribution in [2.75, 3.05) is 17.1 Å². The Balaban J connectivity index is 2.39. The Labute approximate surface area is 214 Å². The van der Waals surface area contributed by atoms with Crippen LogP contribution in [0, 0.1) is 0 Å². The van der Waals surface area contributed by atoms with Crippen LogP contribution >= 0.6 is 11.6 Å². The number of rotatable bonds is 9. The Morgan fingerprint density at radius 3 is 1.97 bits per heavy atom. The lowest BCUT2D eigenvalue weighted by atomic mass is 10.0. The van der Waals surface area contributed by atoms with E-state index in [1.165, 1.54) is 4.90 Å². The first-order valence-electron chi connectivity index (χ1n) is 11.5. The van der Waals surface area contributed by atoms with E-state index in [2.05, 4.69) is 5.32 Å². The second-order valence-electron chi connectivity index (χ2n) is 10.1. The molecular formula is C26H36ClN3O4S. The molecule has 0 radical (unpaired) electrons. The van der Waals surface area contributed by atoms with Gasteiger partial charge in [-0.1, -0.05) is 49.7 Å². The molecule has 2 aromatic rings. The predicted octanol–water partition coefficient (Wildman–Crippen LogP) is 4.56. The lowest BCUT2D eigenvalue weighted by Gasteiger charge is -2.33. The first-order valence-corrected chi connectivity index (χ1v) is 13.7. The van der Waals surface area contributed by atoms with E-state index >= 15 is 0 Å². The van der Waals surface area contributed by atoms with E-state index < -0.39 is 34.1 Å². The summed E-state index contributed by atoms with van der Waals surface area (Å²) in [7, 11) is -3.77. The predicted molar refractivity (Wildman–Crippen MR) is 142 cm³/mol. The highest BCUT2D eigenvalue weighted by Gasteiger charge is 2.31. The van der Waals surface area contributed by atoms with Crippen LogP contribution in [0.2, 0.25) is 5.02 Å². The third-order valence-electron chi connectivity index (χ3n) is 5.46. The molecule has 1 N–H and O–H groups in total. The molecule has 0 aliphatic carbocycles. The van der Waals surface area contributed by atoms with Gasteiger partial charge < -0.3 is 10.2 Å². The van der Waals surface area contributed by atoms with Crippen LogP contribution in [-0.4, -0.2) is 49.5 Å². The van der Waals surface area contributed by atoms with Crippen molar-refractivity contribution in [3.63, 3.8) is 0 Å². The van der Waals surface area contributed by atoms with Crippen molar-refractivity contribution in [2.24, 2.45) is 0 Å². The van der Waals surface area contributed by atoms with Gasteiger partial charge in [0.1, 0.15) is 12.6 Å². The number of carbonyl (C=O) groups excluding carboxylic acids is 2. The van der Waals surface area contributed by atoms with Crippen molar-refractivity contribution < 1.29 is 18.0 Å². The summed E-state index contributed by atoms with van der Waals surface area (Å²) in [5.41, 5.74) is 1.73. The van der Waals surface area contributed by atoms with Crippen LogP contribution in [-0.2, 0) is 26.2 Å². The molecule has 0 fully saturated rings. The fourth-order valence-corrected chi connectivity index (χ4v) is 4.46. The van der Waals surface area contributed by atoms with E-state index in [9.17, 15) is 18.0 Å². The van der Waals surface area contributed by atoms with Gasteiger partial charge in [0.05, 0.1) is 11.9 Å². The SMILES string of the molecule is CC(C)c1ccc(N(CC(=O)N(Cc2ccc(Cl)cc2)[C@H](C)C(=O)NC(C)(C)C)S(C)(=O)=O)cc1. The molecule has 9 heteroatoms. The van der Waals surface area contributed by atoms with Gasteiger partial charge in [0.15, 0.2) is 0 Å². The molecule has 2 rings (SSSR count). The van der Waals surface area contributed by atoms with Crippen molar-refractivity contribution in [1.82, 2.24) is 10.2 Å². The van der Waals surface area contributed by atoms with Crippen LogP contribution in [0.3, 0.4) is 0 Å². The van der Waals surface area contributed by atoms with Crippen LogP contribution in [0.1, 0.15) is 58.6 Å². The molecule has 7 nitrogen and oxygen atoms in total. The summed E-state index contributed by atoms with van der Waals surface area (Å²) in [4.78, 5) is 27.9. The molecular weight excluding hydrogens is 486 g/mol. The topological polar surface area (TPSA) is 86.8 Å². The summed E-state index contributed by atoms with van der Waals surface area (Å²) in [6.07, 6.45) is 1.07. The van der Waals surface area contributed by atoms with Crippen LogP contribution in [0.5, 0.6) is 0 Å². The molecule has 0 spiro atoms. The first-order chi connectivity index (χ1) is 16.1. The number of nitrogens with one attached hydrogen (secondary N) is 1. The summed E-state index contributed by atoms with van der Waals surface area (Å²) in [5.74, 6) is -0.531. The maximum atomic E-state index is 13.5. The molecule has 0 saturated carbocycles. The Morgan fingerprint density at radius 1 is 0.971 bits per heavy atom. The van der Waals surface area contributed by atoms with Crippen LogP contribution in [0.4, 0.5) is 5.69 Å². The summed E-state index contributed by atoms with van der Waals surface area (Å²) in [6, 6.07) is 13.2. The maximum absolute atomic E-state index is 13.5. The highest BCUT2D eigenvalue weighted by molar-refractivity contribution is 7.92. The summed E-state index contributed by atoms with van der Waals surface area (Å²) in [5, 5.41) is 3.45. The van der Waals surface area contributed by atoms with Crippen LogP contribution in [0.15, 0.2) is 48.5 Å². The Morgan fingerprint density at radius 2 is 1.51 bits per heavy atom. The van der Waals surface area contributed by atoms with Crippen LogP contribution < -0.4 is 9.62 Å². The third kappa shape index (κ3) is 8.54. The number of anilines is 1. The minimum Gasteiger partial charge on any atom is -0.350 e. The van der Waals surface area contributed by atoms with Gasteiger partial charge in [-0.3, -0.25) is 13.9 Å². The molecule has 0 saturated heterocycles. The lowest BCUT2D eigenvalue weighted by molar-refractivity contribution is -0.140. The zero-order valence-electron chi connectivity index (χ0n) is 21.5. The Kier molecular flexibility index (Phi) is 9.36. The fourth-order valence-electron chi connectivity index (χ4n) is 3.48. The van der Waals surface area contributed by atoms with Crippen LogP contribution in [0.25, 0.3) is 0 Å². The smallest absolute Gasteiger partial charge is 0.244 e. The van der Waals surface area contributed by atoms with Gasteiger partial charge in [0.25, 0.3) is 0 Å². The first kappa shape index (κ1) is 28.7. The normalized spacial score (nSPS) is 12.8. The summed E-state index contributed by atoms with van der Waals surface area (Å²) in [6.45, 7) is 11.0. The second kappa shape index (κ2) is 11.4. The van der Waals surface area contributed by atoms with E-state index in [0.29, 0.717) is 10.7 Å². The number of hydrogen-bond donors (Lipinski definition) is 1. The van der Waals surface area contributed by atoms with Gasteiger partial charge in [-0.05, 0) is 69.0 Å². The molecule has 0 aromatic heterocycles.